The average Bonchev–Trinajstić information content (AvgIpc) is 3.27. The van der Waals surface area contributed by atoms with Crippen LogP contribution in [0.4, 0.5) is 0 Å². The molecule has 0 saturated heterocycles. The minimum atomic E-state index is 0.582. The number of imidazole rings is 1. The molecule has 0 aliphatic rings. The summed E-state index contributed by atoms with van der Waals surface area (Å²) in [6, 6.07) is 20.2. The Kier molecular flexibility index (Phi) is 5.15. The van der Waals surface area contributed by atoms with Gasteiger partial charge in [0.25, 0.3) is 0 Å². The molecule has 2 heterocycles. The maximum absolute atomic E-state index is 9.66. The lowest BCUT2D eigenvalue weighted by Crippen LogP contribution is -1.99. The van der Waals surface area contributed by atoms with E-state index in [2.05, 4.69) is 40.5 Å². The smallest absolute Gasteiger partial charge is 0.171 e. The van der Waals surface area contributed by atoms with Crippen LogP contribution in [0.1, 0.15) is 17.0 Å². The van der Waals surface area contributed by atoms with Gasteiger partial charge in [-0.05, 0) is 79.7 Å². The molecule has 2 aromatic heterocycles. The van der Waals surface area contributed by atoms with E-state index in [1.807, 2.05) is 54.6 Å². The summed E-state index contributed by atoms with van der Waals surface area (Å²) in [5, 5.41) is 10.4. The van der Waals surface area contributed by atoms with Crippen molar-refractivity contribution in [1.82, 2.24) is 14.5 Å². The molecule has 0 radical (unpaired) electrons. The van der Waals surface area contributed by atoms with Crippen molar-refractivity contribution in [2.24, 2.45) is 0 Å². The number of methoxy groups -OCH3 is 1. The van der Waals surface area contributed by atoms with Gasteiger partial charge in [-0.2, -0.15) is 5.26 Å². The number of hydrogen-bond donors (Lipinski definition) is 1. The number of hydrogen-bond acceptors (Lipinski definition) is 4. The van der Waals surface area contributed by atoms with E-state index in [-0.39, 0.29) is 0 Å². The molecule has 0 atom stereocenters. The number of para-hydroxylation sites is 2. The van der Waals surface area contributed by atoms with Crippen LogP contribution in [0.2, 0.25) is 0 Å². The predicted molar refractivity (Wildman–Crippen MR) is 117 cm³/mol. The van der Waals surface area contributed by atoms with Crippen molar-refractivity contribution in [2.45, 2.75) is 19.0 Å². The number of nitrogens with zero attached hydrogens (tertiary/aromatic N) is 3. The first-order valence-electron chi connectivity index (χ1n) is 9.17. The minimum Gasteiger partial charge on any atom is -0.497 e. The molecule has 0 aliphatic heterocycles. The number of fused-ring (bicyclic) bond motifs is 1. The van der Waals surface area contributed by atoms with Gasteiger partial charge in [0.15, 0.2) is 5.16 Å². The summed E-state index contributed by atoms with van der Waals surface area (Å²) < 4.78 is 7.42. The molecule has 1 N–H and O–H groups in total. The summed E-state index contributed by atoms with van der Waals surface area (Å²) in [6.07, 6.45) is 1.92. The van der Waals surface area contributed by atoms with Gasteiger partial charge in [0.1, 0.15) is 11.8 Å². The molecule has 144 valence electrons. The van der Waals surface area contributed by atoms with Gasteiger partial charge in [0.2, 0.25) is 0 Å². The molecule has 0 saturated carbocycles. The molecule has 5 nitrogen and oxygen atoms in total. The standard InChI is InChI=1S/C23H20N4OS/c1-15-12-17(16(2)27(15)18-8-10-19(28-3)11-9-18)13-20(14-24)29-23-25-21-6-4-5-7-22(21)26-23/h4-13H,1-3H3,(H,25,26)/b20-13+. The summed E-state index contributed by atoms with van der Waals surface area (Å²) in [5.74, 6) is 0.824. The Labute approximate surface area is 173 Å². The Morgan fingerprint density at radius 1 is 1.17 bits per heavy atom. The average molecular weight is 401 g/mol. The SMILES string of the molecule is COc1ccc(-n2c(C)cc(/C=C(\C#N)Sc3nc4ccccc4[nH]3)c2C)cc1. The first-order valence-corrected chi connectivity index (χ1v) is 9.98. The molecule has 0 bridgehead atoms. The van der Waals surface area contributed by atoms with E-state index in [4.69, 9.17) is 4.74 Å². The van der Waals surface area contributed by atoms with Crippen LogP contribution in [0.5, 0.6) is 5.75 Å². The Bertz CT molecular complexity index is 1210. The van der Waals surface area contributed by atoms with Crippen LogP contribution >= 0.6 is 11.8 Å². The Morgan fingerprint density at radius 3 is 2.62 bits per heavy atom. The third-order valence-corrected chi connectivity index (χ3v) is 5.59. The van der Waals surface area contributed by atoms with Crippen LogP contribution in [0.25, 0.3) is 22.8 Å². The van der Waals surface area contributed by atoms with Crippen molar-refractivity contribution in [3.63, 3.8) is 0 Å². The highest BCUT2D eigenvalue weighted by atomic mass is 32.2. The molecule has 0 spiro atoms. The van der Waals surface area contributed by atoms with Crippen molar-refractivity contribution in [3.05, 3.63) is 76.5 Å². The molecule has 0 aliphatic carbocycles. The van der Waals surface area contributed by atoms with Crippen LogP contribution in [0, 0.1) is 25.2 Å². The number of nitrogens with one attached hydrogen (secondary N) is 1. The van der Waals surface area contributed by atoms with Gasteiger partial charge in [-0.3, -0.25) is 0 Å². The van der Waals surface area contributed by atoms with Gasteiger partial charge in [0.05, 0.1) is 23.0 Å². The highest BCUT2D eigenvalue weighted by Crippen LogP contribution is 2.30. The van der Waals surface area contributed by atoms with Crippen LogP contribution in [0.15, 0.2) is 64.7 Å². The number of rotatable bonds is 5. The van der Waals surface area contributed by atoms with E-state index >= 15 is 0 Å². The van der Waals surface area contributed by atoms with Crippen molar-refractivity contribution in [1.29, 1.82) is 5.26 Å². The fraction of sp³-hybridized carbons (Fsp3) is 0.130. The van der Waals surface area contributed by atoms with Crippen molar-refractivity contribution < 1.29 is 4.74 Å². The first-order chi connectivity index (χ1) is 14.1. The summed E-state index contributed by atoms with van der Waals surface area (Å²) in [5.41, 5.74) is 6.10. The molecule has 2 aromatic carbocycles. The van der Waals surface area contributed by atoms with Gasteiger partial charge in [0, 0.05) is 17.1 Å². The van der Waals surface area contributed by atoms with Gasteiger partial charge in [-0.1, -0.05) is 12.1 Å². The van der Waals surface area contributed by atoms with E-state index in [0.29, 0.717) is 10.1 Å². The van der Waals surface area contributed by atoms with Crippen molar-refractivity contribution in [2.75, 3.05) is 7.11 Å². The topological polar surface area (TPSA) is 66.6 Å². The second kappa shape index (κ2) is 7.90. The number of H-pyrrole nitrogens is 1. The van der Waals surface area contributed by atoms with E-state index in [1.54, 1.807) is 7.11 Å². The van der Waals surface area contributed by atoms with E-state index in [9.17, 15) is 5.26 Å². The lowest BCUT2D eigenvalue weighted by molar-refractivity contribution is 0.414. The van der Waals surface area contributed by atoms with Gasteiger partial charge < -0.3 is 14.3 Å². The fourth-order valence-corrected chi connectivity index (χ4v) is 4.11. The van der Waals surface area contributed by atoms with E-state index < -0.39 is 0 Å². The van der Waals surface area contributed by atoms with Crippen LogP contribution in [-0.2, 0) is 0 Å². The predicted octanol–water partition coefficient (Wildman–Crippen LogP) is 5.64. The van der Waals surface area contributed by atoms with Gasteiger partial charge >= 0.3 is 0 Å². The normalized spacial score (nSPS) is 11.6. The molecule has 0 fully saturated rings. The number of aromatic amines is 1. The van der Waals surface area contributed by atoms with Crippen LogP contribution < -0.4 is 4.74 Å². The zero-order valence-corrected chi connectivity index (χ0v) is 17.2. The first kappa shape index (κ1) is 18.9. The summed E-state index contributed by atoms with van der Waals surface area (Å²) in [4.78, 5) is 8.39. The molecule has 29 heavy (non-hydrogen) atoms. The fourth-order valence-electron chi connectivity index (χ4n) is 3.37. The van der Waals surface area contributed by atoms with Crippen molar-refractivity contribution >= 4 is 28.9 Å². The number of allylic oxidation sites excluding steroid dienone is 1. The zero-order chi connectivity index (χ0) is 20.4. The number of aryl methyl sites for hydroxylation is 1. The Balaban J connectivity index is 1.66. The lowest BCUT2D eigenvalue weighted by atomic mass is 10.2. The maximum atomic E-state index is 9.66. The number of thioether (sulfide) groups is 1. The molecular weight excluding hydrogens is 380 g/mol. The molecule has 0 unspecified atom stereocenters. The highest BCUT2D eigenvalue weighted by molar-refractivity contribution is 8.03. The number of benzene rings is 2. The second-order valence-corrected chi connectivity index (χ2v) is 7.67. The highest BCUT2D eigenvalue weighted by Gasteiger charge is 2.12. The third kappa shape index (κ3) is 3.78. The number of aromatic nitrogens is 3. The Hall–Kier alpha value is -3.43. The molecule has 0 amide bonds. The van der Waals surface area contributed by atoms with Gasteiger partial charge in [-0.15, -0.1) is 0 Å². The van der Waals surface area contributed by atoms with Crippen molar-refractivity contribution in [3.8, 4) is 17.5 Å². The zero-order valence-electron chi connectivity index (χ0n) is 16.4. The molecule has 4 rings (SSSR count). The van der Waals surface area contributed by atoms with E-state index in [0.717, 1.165) is 39.4 Å². The third-order valence-electron chi connectivity index (χ3n) is 4.77. The van der Waals surface area contributed by atoms with Crippen LogP contribution in [-0.4, -0.2) is 21.6 Å². The van der Waals surface area contributed by atoms with E-state index in [1.165, 1.54) is 11.8 Å². The monoisotopic (exact) mass is 400 g/mol. The largest absolute Gasteiger partial charge is 0.497 e. The Morgan fingerprint density at radius 2 is 1.93 bits per heavy atom. The molecule has 4 aromatic rings. The van der Waals surface area contributed by atoms with Crippen LogP contribution in [0.3, 0.4) is 0 Å². The summed E-state index contributed by atoms with van der Waals surface area (Å²) in [7, 11) is 1.66. The summed E-state index contributed by atoms with van der Waals surface area (Å²) in [6.45, 7) is 4.12. The minimum absolute atomic E-state index is 0.582. The molecular formula is C23H20N4OS. The maximum Gasteiger partial charge on any atom is 0.171 e. The number of ether oxygens (including phenoxy) is 1. The quantitative estimate of drug-likeness (QED) is 0.348. The summed E-state index contributed by atoms with van der Waals surface area (Å²) >= 11 is 1.34. The lowest BCUT2D eigenvalue weighted by Gasteiger charge is -2.10. The number of nitriles is 1. The van der Waals surface area contributed by atoms with Gasteiger partial charge in [-0.25, -0.2) is 4.98 Å². The molecule has 6 heteroatoms. The second-order valence-electron chi connectivity index (χ2n) is 6.64.